The maximum atomic E-state index is 12.7. The quantitative estimate of drug-likeness (QED) is 0.844. The van der Waals surface area contributed by atoms with Crippen molar-refractivity contribution in [1.29, 1.82) is 0 Å². The molecule has 0 atom stereocenters. The van der Waals surface area contributed by atoms with Crippen LogP contribution in [0, 0.1) is 0 Å². The van der Waals surface area contributed by atoms with E-state index >= 15 is 0 Å². The monoisotopic (exact) mass is 387 g/mol. The number of para-hydroxylation sites is 1. The van der Waals surface area contributed by atoms with Crippen LogP contribution < -0.4 is 16.0 Å². The van der Waals surface area contributed by atoms with Crippen molar-refractivity contribution in [3.63, 3.8) is 0 Å². The van der Waals surface area contributed by atoms with E-state index in [0.717, 1.165) is 31.4 Å². The molecule has 0 radical (unpaired) electrons. The molecule has 2 aromatic carbocycles. The summed E-state index contributed by atoms with van der Waals surface area (Å²) < 4.78 is 0. The normalized spacial score (nSPS) is 18.9. The number of carbonyl (C=O) groups is 2. The SMILES string of the molecule is CN(C(=O)c1cccc(C(=O)NC2CCC(N)CC2)c1)c1ccccc1.Cl. The molecule has 0 aliphatic heterocycles. The lowest BCUT2D eigenvalue weighted by Crippen LogP contribution is -2.40. The van der Waals surface area contributed by atoms with E-state index in [1.165, 1.54) is 0 Å². The largest absolute Gasteiger partial charge is 0.349 e. The van der Waals surface area contributed by atoms with E-state index in [1.54, 1.807) is 36.2 Å². The Morgan fingerprint density at radius 1 is 0.963 bits per heavy atom. The topological polar surface area (TPSA) is 75.4 Å². The maximum absolute atomic E-state index is 12.7. The number of amides is 2. The lowest BCUT2D eigenvalue weighted by Gasteiger charge is -2.26. The summed E-state index contributed by atoms with van der Waals surface area (Å²) in [4.78, 5) is 26.9. The summed E-state index contributed by atoms with van der Waals surface area (Å²) in [6.07, 6.45) is 3.68. The first-order chi connectivity index (χ1) is 12.5. The second kappa shape index (κ2) is 9.53. The van der Waals surface area contributed by atoms with Crippen LogP contribution in [0.2, 0.25) is 0 Å². The second-order valence-electron chi connectivity index (χ2n) is 6.87. The van der Waals surface area contributed by atoms with Gasteiger partial charge >= 0.3 is 0 Å². The molecule has 0 aromatic heterocycles. The van der Waals surface area contributed by atoms with Gasteiger partial charge in [0.25, 0.3) is 11.8 Å². The molecule has 1 fully saturated rings. The predicted octanol–water partition coefficient (Wildman–Crippen LogP) is 3.38. The molecule has 6 heteroatoms. The summed E-state index contributed by atoms with van der Waals surface area (Å²) in [5.74, 6) is -0.281. The van der Waals surface area contributed by atoms with Crippen molar-refractivity contribution in [2.24, 2.45) is 5.73 Å². The highest BCUT2D eigenvalue weighted by atomic mass is 35.5. The Labute approximate surface area is 166 Å². The lowest BCUT2D eigenvalue weighted by atomic mass is 9.91. The molecule has 27 heavy (non-hydrogen) atoms. The standard InChI is InChI=1S/C21H25N3O2.ClH/c1-24(19-8-3-2-4-9-19)21(26)16-7-5-6-15(14-16)20(25)23-18-12-10-17(22)11-13-18;/h2-9,14,17-18H,10-13,22H2,1H3,(H,23,25);1H. The third kappa shape index (κ3) is 5.31. The summed E-state index contributed by atoms with van der Waals surface area (Å²) in [7, 11) is 1.73. The highest BCUT2D eigenvalue weighted by Gasteiger charge is 2.21. The van der Waals surface area contributed by atoms with Crippen molar-refractivity contribution < 1.29 is 9.59 Å². The number of rotatable bonds is 4. The third-order valence-electron chi connectivity index (χ3n) is 4.93. The van der Waals surface area contributed by atoms with Crippen molar-refractivity contribution in [2.45, 2.75) is 37.8 Å². The first-order valence-corrected chi connectivity index (χ1v) is 9.04. The first-order valence-electron chi connectivity index (χ1n) is 9.04. The van der Waals surface area contributed by atoms with E-state index in [0.29, 0.717) is 11.1 Å². The number of carbonyl (C=O) groups excluding carboxylic acids is 2. The molecule has 5 nitrogen and oxygen atoms in total. The zero-order valence-corrected chi connectivity index (χ0v) is 16.2. The number of nitrogens with one attached hydrogen (secondary N) is 1. The summed E-state index contributed by atoms with van der Waals surface area (Å²) in [6, 6.07) is 16.7. The Balaban J connectivity index is 0.00000261. The van der Waals surface area contributed by atoms with Crippen molar-refractivity contribution in [2.75, 3.05) is 11.9 Å². The fraction of sp³-hybridized carbons (Fsp3) is 0.333. The average molecular weight is 388 g/mol. The fourth-order valence-corrected chi connectivity index (χ4v) is 3.29. The number of hydrogen-bond acceptors (Lipinski definition) is 3. The molecule has 0 saturated heterocycles. The minimum absolute atomic E-state index is 0. The van der Waals surface area contributed by atoms with Crippen molar-refractivity contribution in [3.8, 4) is 0 Å². The third-order valence-corrected chi connectivity index (χ3v) is 4.93. The van der Waals surface area contributed by atoms with Crippen LogP contribution in [-0.2, 0) is 0 Å². The number of nitrogens with zero attached hydrogens (tertiary/aromatic N) is 1. The zero-order valence-electron chi connectivity index (χ0n) is 15.4. The Kier molecular flexibility index (Phi) is 7.39. The van der Waals surface area contributed by atoms with Gasteiger partial charge in [-0.15, -0.1) is 12.4 Å². The molecule has 1 saturated carbocycles. The van der Waals surface area contributed by atoms with Gasteiger partial charge in [0.1, 0.15) is 0 Å². The van der Waals surface area contributed by atoms with Gasteiger partial charge in [0, 0.05) is 35.9 Å². The van der Waals surface area contributed by atoms with E-state index in [9.17, 15) is 9.59 Å². The molecule has 0 bridgehead atoms. The molecule has 2 aromatic rings. The Morgan fingerprint density at radius 2 is 1.59 bits per heavy atom. The van der Waals surface area contributed by atoms with Crippen LogP contribution >= 0.6 is 12.4 Å². The van der Waals surface area contributed by atoms with Crippen LogP contribution in [0.3, 0.4) is 0 Å². The minimum atomic E-state index is -0.144. The van der Waals surface area contributed by atoms with E-state index in [2.05, 4.69) is 5.32 Å². The van der Waals surface area contributed by atoms with Gasteiger partial charge in [0.2, 0.25) is 0 Å². The molecular formula is C21H26ClN3O2. The van der Waals surface area contributed by atoms with Crippen molar-refractivity contribution in [3.05, 3.63) is 65.7 Å². The molecule has 3 rings (SSSR count). The Hall–Kier alpha value is -2.37. The van der Waals surface area contributed by atoms with Crippen molar-refractivity contribution in [1.82, 2.24) is 5.32 Å². The molecular weight excluding hydrogens is 362 g/mol. The van der Waals surface area contributed by atoms with Crippen LogP contribution in [-0.4, -0.2) is 30.9 Å². The molecule has 0 spiro atoms. The van der Waals surface area contributed by atoms with Gasteiger partial charge < -0.3 is 16.0 Å². The van der Waals surface area contributed by atoms with Gasteiger partial charge in [0.05, 0.1) is 0 Å². The first kappa shape index (κ1) is 20.9. The highest BCUT2D eigenvalue weighted by Crippen LogP contribution is 2.18. The second-order valence-corrected chi connectivity index (χ2v) is 6.87. The van der Waals surface area contributed by atoms with Gasteiger partial charge in [-0.1, -0.05) is 24.3 Å². The summed E-state index contributed by atoms with van der Waals surface area (Å²) in [5.41, 5.74) is 7.73. The van der Waals surface area contributed by atoms with Gasteiger partial charge in [-0.3, -0.25) is 9.59 Å². The van der Waals surface area contributed by atoms with Gasteiger partial charge in [-0.2, -0.15) is 0 Å². The molecule has 0 unspecified atom stereocenters. The fourth-order valence-electron chi connectivity index (χ4n) is 3.29. The Morgan fingerprint density at radius 3 is 2.26 bits per heavy atom. The predicted molar refractivity (Wildman–Crippen MR) is 111 cm³/mol. The highest BCUT2D eigenvalue weighted by molar-refractivity contribution is 6.07. The van der Waals surface area contributed by atoms with Crippen LogP contribution in [0.15, 0.2) is 54.6 Å². The van der Waals surface area contributed by atoms with Gasteiger partial charge in [0.15, 0.2) is 0 Å². The zero-order chi connectivity index (χ0) is 18.5. The Bertz CT molecular complexity index is 774. The number of halogens is 1. The number of anilines is 1. The minimum Gasteiger partial charge on any atom is -0.349 e. The number of benzene rings is 2. The number of nitrogens with two attached hydrogens (primary N) is 1. The van der Waals surface area contributed by atoms with Crippen LogP contribution in [0.25, 0.3) is 0 Å². The molecule has 1 aliphatic carbocycles. The van der Waals surface area contributed by atoms with Crippen molar-refractivity contribution >= 4 is 29.9 Å². The van der Waals surface area contributed by atoms with Crippen LogP contribution in [0.5, 0.6) is 0 Å². The van der Waals surface area contributed by atoms with E-state index in [-0.39, 0.29) is 36.3 Å². The molecule has 0 heterocycles. The maximum Gasteiger partial charge on any atom is 0.258 e. The van der Waals surface area contributed by atoms with Crippen LogP contribution in [0.4, 0.5) is 5.69 Å². The molecule has 2 amide bonds. The van der Waals surface area contributed by atoms with E-state index in [4.69, 9.17) is 5.73 Å². The smallest absolute Gasteiger partial charge is 0.258 e. The molecule has 1 aliphatic rings. The van der Waals surface area contributed by atoms with Gasteiger partial charge in [-0.25, -0.2) is 0 Å². The molecule has 3 N–H and O–H groups in total. The van der Waals surface area contributed by atoms with Gasteiger partial charge in [-0.05, 0) is 56.0 Å². The molecule has 144 valence electrons. The van der Waals surface area contributed by atoms with E-state index in [1.807, 2.05) is 30.3 Å². The lowest BCUT2D eigenvalue weighted by molar-refractivity contribution is 0.0926. The van der Waals surface area contributed by atoms with Crippen LogP contribution in [0.1, 0.15) is 46.4 Å². The van der Waals surface area contributed by atoms with E-state index < -0.39 is 0 Å². The average Bonchev–Trinajstić information content (AvgIpc) is 2.69. The number of hydrogen-bond donors (Lipinski definition) is 2. The summed E-state index contributed by atoms with van der Waals surface area (Å²) in [6.45, 7) is 0. The summed E-state index contributed by atoms with van der Waals surface area (Å²) in [5, 5.41) is 3.06. The summed E-state index contributed by atoms with van der Waals surface area (Å²) >= 11 is 0.